The molecule has 82 valence electrons. The second kappa shape index (κ2) is 4.86. The zero-order valence-electron chi connectivity index (χ0n) is 9.59. The first kappa shape index (κ1) is 10.8. The van der Waals surface area contributed by atoms with E-state index >= 15 is 0 Å². The fourth-order valence-electron chi connectivity index (χ4n) is 1.63. The molecule has 0 fully saturated rings. The summed E-state index contributed by atoms with van der Waals surface area (Å²) >= 11 is 0. The summed E-state index contributed by atoms with van der Waals surface area (Å²) in [5, 5.41) is 0. The highest BCUT2D eigenvalue weighted by Gasteiger charge is 2.00. The molecule has 0 saturated heterocycles. The molecule has 0 amide bonds. The zero-order valence-corrected chi connectivity index (χ0v) is 9.59. The fourth-order valence-corrected chi connectivity index (χ4v) is 1.63. The Morgan fingerprint density at radius 2 is 1.88 bits per heavy atom. The molecule has 0 N–H and O–H groups in total. The van der Waals surface area contributed by atoms with Crippen molar-refractivity contribution in [2.75, 3.05) is 14.1 Å². The van der Waals surface area contributed by atoms with E-state index in [1.54, 1.807) is 6.20 Å². The molecule has 0 aliphatic carbocycles. The Bertz CT molecular complexity index is 452. The number of hydrogen-bond acceptors (Lipinski definition) is 3. The van der Waals surface area contributed by atoms with Gasteiger partial charge in [0.2, 0.25) is 0 Å². The SMILES string of the molecule is CN(C)Cc1cncc(-c2cccnc2)c1. The van der Waals surface area contributed by atoms with Gasteiger partial charge in [0, 0.05) is 42.5 Å². The molecule has 0 bridgehead atoms. The van der Waals surface area contributed by atoms with Crippen molar-refractivity contribution in [1.29, 1.82) is 0 Å². The van der Waals surface area contributed by atoms with Gasteiger partial charge in [-0.2, -0.15) is 0 Å². The monoisotopic (exact) mass is 213 g/mol. The van der Waals surface area contributed by atoms with Crippen molar-refractivity contribution in [3.63, 3.8) is 0 Å². The lowest BCUT2D eigenvalue weighted by Crippen LogP contribution is -2.10. The van der Waals surface area contributed by atoms with Gasteiger partial charge in [0.25, 0.3) is 0 Å². The van der Waals surface area contributed by atoms with E-state index in [9.17, 15) is 0 Å². The Labute approximate surface area is 95.8 Å². The maximum Gasteiger partial charge on any atom is 0.0347 e. The average molecular weight is 213 g/mol. The zero-order chi connectivity index (χ0) is 11.4. The molecular formula is C13H15N3. The summed E-state index contributed by atoms with van der Waals surface area (Å²) in [5.41, 5.74) is 3.44. The number of aromatic nitrogens is 2. The van der Waals surface area contributed by atoms with Crippen LogP contribution in [0.5, 0.6) is 0 Å². The van der Waals surface area contributed by atoms with Gasteiger partial charge in [0.1, 0.15) is 0 Å². The average Bonchev–Trinajstić information content (AvgIpc) is 2.30. The summed E-state index contributed by atoms with van der Waals surface area (Å²) in [6.45, 7) is 0.904. The maximum atomic E-state index is 4.26. The maximum absolute atomic E-state index is 4.26. The normalized spacial score (nSPS) is 10.7. The van der Waals surface area contributed by atoms with E-state index in [-0.39, 0.29) is 0 Å². The Kier molecular flexibility index (Phi) is 3.27. The summed E-state index contributed by atoms with van der Waals surface area (Å²) in [5.74, 6) is 0. The van der Waals surface area contributed by atoms with Crippen LogP contribution in [0.15, 0.2) is 43.0 Å². The van der Waals surface area contributed by atoms with Gasteiger partial charge in [-0.1, -0.05) is 6.07 Å². The summed E-state index contributed by atoms with van der Waals surface area (Å²) in [4.78, 5) is 10.5. The predicted octanol–water partition coefficient (Wildman–Crippen LogP) is 2.21. The van der Waals surface area contributed by atoms with E-state index in [0.717, 1.165) is 17.7 Å². The van der Waals surface area contributed by atoms with Gasteiger partial charge in [0.15, 0.2) is 0 Å². The summed E-state index contributed by atoms with van der Waals surface area (Å²) < 4.78 is 0. The summed E-state index contributed by atoms with van der Waals surface area (Å²) in [6.07, 6.45) is 7.41. The highest BCUT2D eigenvalue weighted by atomic mass is 15.0. The second-order valence-corrected chi connectivity index (χ2v) is 4.06. The van der Waals surface area contributed by atoms with Crippen molar-refractivity contribution in [3.05, 3.63) is 48.5 Å². The third-order valence-electron chi connectivity index (χ3n) is 2.29. The topological polar surface area (TPSA) is 29.0 Å². The third kappa shape index (κ3) is 2.64. The molecule has 0 radical (unpaired) electrons. The second-order valence-electron chi connectivity index (χ2n) is 4.06. The van der Waals surface area contributed by atoms with E-state index in [0.29, 0.717) is 0 Å². The molecule has 0 saturated carbocycles. The smallest absolute Gasteiger partial charge is 0.0347 e. The van der Waals surface area contributed by atoms with Crippen molar-refractivity contribution < 1.29 is 0 Å². The van der Waals surface area contributed by atoms with E-state index < -0.39 is 0 Å². The van der Waals surface area contributed by atoms with Crippen LogP contribution in [0, 0.1) is 0 Å². The quantitative estimate of drug-likeness (QED) is 0.782. The largest absolute Gasteiger partial charge is 0.305 e. The van der Waals surface area contributed by atoms with Crippen molar-refractivity contribution in [2.24, 2.45) is 0 Å². The highest BCUT2D eigenvalue weighted by Crippen LogP contribution is 2.18. The Morgan fingerprint density at radius 3 is 2.56 bits per heavy atom. The van der Waals surface area contributed by atoms with Gasteiger partial charge in [-0.15, -0.1) is 0 Å². The predicted molar refractivity (Wildman–Crippen MR) is 64.9 cm³/mol. The van der Waals surface area contributed by atoms with E-state index in [1.807, 2.05) is 30.7 Å². The number of pyridine rings is 2. The Hall–Kier alpha value is -1.74. The Balaban J connectivity index is 2.29. The molecule has 3 heteroatoms. The van der Waals surface area contributed by atoms with Crippen molar-refractivity contribution in [3.8, 4) is 11.1 Å². The molecule has 3 nitrogen and oxygen atoms in total. The van der Waals surface area contributed by atoms with Crippen molar-refractivity contribution >= 4 is 0 Å². The molecule has 2 aromatic rings. The molecule has 16 heavy (non-hydrogen) atoms. The fraction of sp³-hybridized carbons (Fsp3) is 0.231. The highest BCUT2D eigenvalue weighted by molar-refractivity contribution is 5.61. The van der Waals surface area contributed by atoms with Crippen LogP contribution in [-0.2, 0) is 6.54 Å². The first-order valence-corrected chi connectivity index (χ1v) is 5.25. The van der Waals surface area contributed by atoms with Crippen LogP contribution in [-0.4, -0.2) is 29.0 Å². The molecule has 0 aromatic carbocycles. The number of rotatable bonds is 3. The summed E-state index contributed by atoms with van der Waals surface area (Å²) in [7, 11) is 4.10. The van der Waals surface area contributed by atoms with Gasteiger partial charge in [-0.05, 0) is 31.8 Å². The Morgan fingerprint density at radius 1 is 1.06 bits per heavy atom. The van der Waals surface area contributed by atoms with Crippen LogP contribution in [0.2, 0.25) is 0 Å². The third-order valence-corrected chi connectivity index (χ3v) is 2.29. The molecule has 0 spiro atoms. The van der Waals surface area contributed by atoms with E-state index in [2.05, 4.69) is 35.0 Å². The molecule has 0 atom stereocenters. The van der Waals surface area contributed by atoms with Crippen LogP contribution in [0.4, 0.5) is 0 Å². The first-order valence-electron chi connectivity index (χ1n) is 5.25. The molecule has 2 rings (SSSR count). The lowest BCUT2D eigenvalue weighted by atomic mass is 10.1. The van der Waals surface area contributed by atoms with Gasteiger partial charge in [0.05, 0.1) is 0 Å². The molecule has 0 aliphatic rings. The van der Waals surface area contributed by atoms with Crippen LogP contribution >= 0.6 is 0 Å². The van der Waals surface area contributed by atoms with Gasteiger partial charge < -0.3 is 4.90 Å². The van der Waals surface area contributed by atoms with Gasteiger partial charge >= 0.3 is 0 Å². The van der Waals surface area contributed by atoms with Crippen LogP contribution in [0.1, 0.15) is 5.56 Å². The molecule has 0 aliphatic heterocycles. The molecule has 2 aromatic heterocycles. The minimum absolute atomic E-state index is 0.904. The van der Waals surface area contributed by atoms with Gasteiger partial charge in [-0.25, -0.2) is 0 Å². The minimum atomic E-state index is 0.904. The van der Waals surface area contributed by atoms with Crippen LogP contribution < -0.4 is 0 Å². The summed E-state index contributed by atoms with van der Waals surface area (Å²) in [6, 6.07) is 6.14. The van der Waals surface area contributed by atoms with Crippen LogP contribution in [0.3, 0.4) is 0 Å². The first-order chi connectivity index (χ1) is 7.75. The van der Waals surface area contributed by atoms with E-state index in [1.165, 1.54) is 5.56 Å². The van der Waals surface area contributed by atoms with Crippen molar-refractivity contribution in [2.45, 2.75) is 6.54 Å². The molecule has 0 unspecified atom stereocenters. The lowest BCUT2D eigenvalue weighted by Gasteiger charge is -2.10. The number of hydrogen-bond donors (Lipinski definition) is 0. The molecule has 2 heterocycles. The van der Waals surface area contributed by atoms with Crippen LogP contribution in [0.25, 0.3) is 11.1 Å². The lowest BCUT2D eigenvalue weighted by molar-refractivity contribution is 0.402. The molecular weight excluding hydrogens is 198 g/mol. The van der Waals surface area contributed by atoms with E-state index in [4.69, 9.17) is 0 Å². The number of nitrogens with zero attached hydrogens (tertiary/aromatic N) is 3. The van der Waals surface area contributed by atoms with Gasteiger partial charge in [-0.3, -0.25) is 9.97 Å². The standard InChI is InChI=1S/C13H15N3/c1-16(2)10-11-6-13(9-15-7-11)12-4-3-5-14-8-12/h3-9H,10H2,1-2H3. The minimum Gasteiger partial charge on any atom is -0.305 e. The van der Waals surface area contributed by atoms with Crippen molar-refractivity contribution in [1.82, 2.24) is 14.9 Å².